The number of fused-ring (bicyclic) bond motifs is 6. The second-order valence-electron chi connectivity index (χ2n) is 16.2. The standard InChI is InChI=1S/C57H41N5Si/c1-4-20-40(21-5-1)41-22-18-28-45(38-41)63(43-24-6-2-7-25-43,44-26-8-3-9-27-44)46-29-19-23-42(39-46)55-58-56(61-51-34-14-10-30-47(51)48-31-11-15-35-52(48)61)60-57(59-55)62-53-36-16-12-32-49(53)50-33-13-17-37-54(50)62/h1-39,55H,(H,58,59,60). The zero-order valence-corrected chi connectivity index (χ0v) is 35.4. The largest absolute Gasteiger partial charge is 0.295 e. The Morgan fingerprint density at radius 2 is 0.698 bits per heavy atom. The summed E-state index contributed by atoms with van der Waals surface area (Å²) < 4.78 is 4.54. The summed E-state index contributed by atoms with van der Waals surface area (Å²) in [5, 5.41) is 13.7. The molecule has 1 aliphatic heterocycles. The van der Waals surface area contributed by atoms with Crippen LogP contribution >= 0.6 is 0 Å². The molecule has 1 aliphatic rings. The molecule has 0 spiro atoms. The van der Waals surface area contributed by atoms with Crippen LogP contribution in [-0.4, -0.2) is 29.1 Å². The van der Waals surface area contributed by atoms with Gasteiger partial charge in [0.15, 0.2) is 14.2 Å². The number of aliphatic imine (C=N–C) groups is 2. The molecule has 0 unspecified atom stereocenters. The smallest absolute Gasteiger partial charge is 0.212 e. The van der Waals surface area contributed by atoms with Crippen molar-refractivity contribution in [3.8, 4) is 11.1 Å². The lowest BCUT2D eigenvalue weighted by Crippen LogP contribution is -2.74. The van der Waals surface area contributed by atoms with E-state index in [0.717, 1.165) is 39.5 Å². The lowest BCUT2D eigenvalue weighted by molar-refractivity contribution is 0.735. The fourth-order valence-electron chi connectivity index (χ4n) is 9.97. The van der Waals surface area contributed by atoms with Crippen molar-refractivity contribution in [2.75, 3.05) is 0 Å². The number of para-hydroxylation sites is 4. The van der Waals surface area contributed by atoms with E-state index in [1.165, 1.54) is 53.4 Å². The third kappa shape index (κ3) is 5.98. The fraction of sp³-hybridized carbons (Fsp3) is 0.0175. The van der Waals surface area contributed by atoms with Crippen LogP contribution in [0.1, 0.15) is 11.7 Å². The van der Waals surface area contributed by atoms with Crippen LogP contribution < -0.4 is 26.1 Å². The highest BCUT2D eigenvalue weighted by Gasteiger charge is 2.42. The highest BCUT2D eigenvalue weighted by atomic mass is 28.3. The van der Waals surface area contributed by atoms with Gasteiger partial charge in [0.25, 0.3) is 0 Å². The molecule has 0 atom stereocenters. The Balaban J connectivity index is 1.12. The van der Waals surface area contributed by atoms with Gasteiger partial charge >= 0.3 is 0 Å². The van der Waals surface area contributed by atoms with Crippen LogP contribution in [-0.2, 0) is 0 Å². The maximum absolute atomic E-state index is 5.59. The Labute approximate surface area is 366 Å². The summed E-state index contributed by atoms with van der Waals surface area (Å²) >= 11 is 0. The molecule has 5 nitrogen and oxygen atoms in total. The van der Waals surface area contributed by atoms with Crippen LogP contribution in [0.25, 0.3) is 54.7 Å². The van der Waals surface area contributed by atoms with Crippen LogP contribution in [0.2, 0.25) is 0 Å². The van der Waals surface area contributed by atoms with Crippen LogP contribution in [0, 0.1) is 0 Å². The number of hydrogen-bond donors (Lipinski definition) is 1. The molecule has 1 N–H and O–H groups in total. The first kappa shape index (κ1) is 36.8. The summed E-state index contributed by atoms with van der Waals surface area (Å²) in [5.74, 6) is 1.44. The van der Waals surface area contributed by atoms with E-state index in [2.05, 4.69) is 251 Å². The van der Waals surface area contributed by atoms with Gasteiger partial charge in [0.1, 0.15) is 0 Å². The van der Waals surface area contributed by atoms with E-state index in [9.17, 15) is 0 Å². The molecular weight excluding hydrogens is 783 g/mol. The first-order valence-corrected chi connectivity index (χ1v) is 23.5. The quantitative estimate of drug-likeness (QED) is 0.132. The lowest BCUT2D eigenvalue weighted by atomic mass is 10.1. The zero-order valence-electron chi connectivity index (χ0n) is 34.4. The molecule has 298 valence electrons. The van der Waals surface area contributed by atoms with Gasteiger partial charge in [0.2, 0.25) is 11.9 Å². The molecule has 0 saturated carbocycles. The van der Waals surface area contributed by atoms with Gasteiger partial charge in [-0.05, 0) is 61.7 Å². The minimum Gasteiger partial charge on any atom is -0.295 e. The number of benzene rings is 9. The topological polar surface area (TPSA) is 46.6 Å². The Hall–Kier alpha value is -8.06. The third-order valence-corrected chi connectivity index (χ3v) is 17.5. The average Bonchev–Trinajstić information content (AvgIpc) is 3.89. The second-order valence-corrected chi connectivity index (χ2v) is 20.0. The predicted octanol–water partition coefficient (Wildman–Crippen LogP) is 10.4. The number of nitrogens with zero attached hydrogens (tertiary/aromatic N) is 4. The van der Waals surface area contributed by atoms with Crippen molar-refractivity contribution >= 4 is 84.4 Å². The van der Waals surface area contributed by atoms with E-state index in [1.807, 2.05) is 0 Å². The van der Waals surface area contributed by atoms with Gasteiger partial charge in [-0.25, -0.2) is 9.98 Å². The van der Waals surface area contributed by atoms with Gasteiger partial charge in [-0.15, -0.1) is 0 Å². The predicted molar refractivity (Wildman–Crippen MR) is 266 cm³/mol. The number of hydrogen-bond acceptors (Lipinski definition) is 3. The van der Waals surface area contributed by atoms with Crippen molar-refractivity contribution in [1.29, 1.82) is 0 Å². The summed E-state index contributed by atoms with van der Waals surface area (Å²) in [6.45, 7) is 0. The van der Waals surface area contributed by atoms with Gasteiger partial charge in [0, 0.05) is 21.5 Å². The number of nitrogens with one attached hydrogen (secondary N) is 1. The van der Waals surface area contributed by atoms with Crippen LogP contribution in [0.15, 0.2) is 247 Å². The minimum atomic E-state index is -2.97. The summed E-state index contributed by atoms with van der Waals surface area (Å²) in [7, 11) is -2.97. The summed E-state index contributed by atoms with van der Waals surface area (Å²) in [6.07, 6.45) is -0.565. The fourth-order valence-corrected chi connectivity index (χ4v) is 14.8. The van der Waals surface area contributed by atoms with Crippen LogP contribution in [0.4, 0.5) is 0 Å². The molecular formula is C57H41N5Si. The van der Waals surface area contributed by atoms with E-state index in [0.29, 0.717) is 0 Å². The van der Waals surface area contributed by atoms with Gasteiger partial charge in [0.05, 0.1) is 22.1 Å². The van der Waals surface area contributed by atoms with Gasteiger partial charge in [-0.3, -0.25) is 14.5 Å². The summed E-state index contributed by atoms with van der Waals surface area (Å²) in [4.78, 5) is 11.2. The molecule has 0 saturated heterocycles. The maximum Gasteiger partial charge on any atom is 0.212 e. The minimum absolute atomic E-state index is 0.565. The Bertz CT molecular complexity index is 3280. The number of aromatic nitrogens is 2. The molecule has 6 heteroatoms. The first-order chi connectivity index (χ1) is 31.3. The molecule has 0 amide bonds. The SMILES string of the molecule is c1ccc(-c2cccc([Si](c3ccccc3)(c3ccccc3)c3cccc(C4N=C(n5c6ccccc6c6ccccc65)NC(n5c6ccccc6c6ccccc65)=N4)c3)c2)cc1. The molecule has 12 rings (SSSR count). The van der Waals surface area contributed by atoms with Gasteiger partial charge < -0.3 is 0 Å². The van der Waals surface area contributed by atoms with E-state index in [4.69, 9.17) is 9.98 Å². The maximum atomic E-state index is 5.59. The third-order valence-electron chi connectivity index (χ3n) is 12.7. The molecule has 0 fully saturated rings. The van der Waals surface area contributed by atoms with Crippen molar-refractivity contribution in [1.82, 2.24) is 14.5 Å². The molecule has 0 radical (unpaired) electrons. The van der Waals surface area contributed by atoms with E-state index in [-0.39, 0.29) is 0 Å². The molecule has 11 aromatic rings. The van der Waals surface area contributed by atoms with Crippen molar-refractivity contribution in [2.24, 2.45) is 9.98 Å². The average molecular weight is 824 g/mol. The Kier molecular flexibility index (Phi) is 8.83. The molecule has 9 aromatic carbocycles. The van der Waals surface area contributed by atoms with Crippen molar-refractivity contribution in [3.05, 3.63) is 242 Å². The monoisotopic (exact) mass is 823 g/mol. The van der Waals surface area contributed by atoms with E-state index < -0.39 is 14.2 Å². The van der Waals surface area contributed by atoms with Gasteiger partial charge in [-0.1, -0.05) is 212 Å². The summed E-state index contributed by atoms with van der Waals surface area (Å²) in [6, 6.07) is 85.8. The molecule has 63 heavy (non-hydrogen) atoms. The van der Waals surface area contributed by atoms with Crippen LogP contribution in [0.5, 0.6) is 0 Å². The van der Waals surface area contributed by atoms with Crippen molar-refractivity contribution in [3.63, 3.8) is 0 Å². The molecule has 2 aromatic heterocycles. The van der Waals surface area contributed by atoms with E-state index in [1.54, 1.807) is 0 Å². The highest BCUT2D eigenvalue weighted by molar-refractivity contribution is 7.20. The van der Waals surface area contributed by atoms with Crippen molar-refractivity contribution in [2.45, 2.75) is 6.17 Å². The van der Waals surface area contributed by atoms with Crippen molar-refractivity contribution < 1.29 is 0 Å². The Morgan fingerprint density at radius 3 is 1.17 bits per heavy atom. The van der Waals surface area contributed by atoms with Gasteiger partial charge in [-0.2, -0.15) is 0 Å². The molecule has 0 aliphatic carbocycles. The molecule has 0 bridgehead atoms. The Morgan fingerprint density at radius 1 is 0.333 bits per heavy atom. The summed E-state index contributed by atoms with van der Waals surface area (Å²) in [5.41, 5.74) is 7.75. The lowest BCUT2D eigenvalue weighted by Gasteiger charge is -2.35. The molecule has 3 heterocycles. The zero-order chi connectivity index (χ0) is 41.7. The van der Waals surface area contributed by atoms with Crippen LogP contribution in [0.3, 0.4) is 0 Å². The normalized spacial score (nSPS) is 13.3. The second kappa shape index (κ2) is 15.1. The number of rotatable bonds is 6. The van der Waals surface area contributed by atoms with E-state index >= 15 is 0 Å². The highest BCUT2D eigenvalue weighted by Crippen LogP contribution is 2.33. The first-order valence-electron chi connectivity index (χ1n) is 21.5.